The number of carbonyl (C=O) groups is 1. The lowest BCUT2D eigenvalue weighted by atomic mass is 10.1. The van der Waals surface area contributed by atoms with Crippen molar-refractivity contribution in [1.82, 2.24) is 0 Å². The van der Waals surface area contributed by atoms with E-state index >= 15 is 0 Å². The first-order valence-corrected chi connectivity index (χ1v) is 6.58. The summed E-state index contributed by atoms with van der Waals surface area (Å²) >= 11 is 0. The first-order chi connectivity index (χ1) is 10.1. The Morgan fingerprint density at radius 1 is 1.24 bits per heavy atom. The van der Waals surface area contributed by atoms with E-state index in [0.29, 0.717) is 17.1 Å². The molecule has 0 fully saturated rings. The Morgan fingerprint density at radius 2 is 2.00 bits per heavy atom. The number of anilines is 2. The fourth-order valence-electron chi connectivity index (χ4n) is 1.86. The number of nitrogens with one attached hydrogen (secondary N) is 1. The molecule has 0 heterocycles. The van der Waals surface area contributed by atoms with Crippen molar-refractivity contribution in [2.24, 2.45) is 0 Å². The summed E-state index contributed by atoms with van der Waals surface area (Å²) in [7, 11) is 1.57. The van der Waals surface area contributed by atoms with E-state index in [1.54, 1.807) is 25.3 Å². The zero-order valence-electron chi connectivity index (χ0n) is 12.1. The number of rotatable bonds is 4. The second-order valence-electron chi connectivity index (χ2n) is 4.64. The van der Waals surface area contributed by atoms with Crippen molar-refractivity contribution < 1.29 is 9.53 Å². The van der Waals surface area contributed by atoms with Gasteiger partial charge in [0, 0.05) is 11.8 Å². The van der Waals surface area contributed by atoms with Crippen LogP contribution in [0.25, 0.3) is 6.08 Å². The van der Waals surface area contributed by atoms with Crippen molar-refractivity contribution in [3.05, 3.63) is 59.7 Å². The summed E-state index contributed by atoms with van der Waals surface area (Å²) in [6, 6.07) is 12.9. The highest BCUT2D eigenvalue weighted by Crippen LogP contribution is 2.23. The number of para-hydroxylation sites is 2. The summed E-state index contributed by atoms with van der Waals surface area (Å²) in [6.07, 6.45) is 3.19. The second kappa shape index (κ2) is 6.61. The van der Waals surface area contributed by atoms with Crippen LogP contribution in [0.15, 0.2) is 48.5 Å². The number of hydrogen-bond donors (Lipinski definition) is 2. The highest BCUT2D eigenvalue weighted by molar-refractivity contribution is 6.02. The minimum atomic E-state index is -0.223. The predicted molar refractivity (Wildman–Crippen MR) is 86.2 cm³/mol. The molecule has 0 aromatic heterocycles. The third-order valence-corrected chi connectivity index (χ3v) is 3.10. The maximum atomic E-state index is 11.9. The molecule has 0 bridgehead atoms. The molecule has 4 nitrogen and oxygen atoms in total. The van der Waals surface area contributed by atoms with Crippen molar-refractivity contribution >= 4 is 23.4 Å². The van der Waals surface area contributed by atoms with Gasteiger partial charge in [0.05, 0.1) is 12.8 Å². The average molecular weight is 282 g/mol. The summed E-state index contributed by atoms with van der Waals surface area (Å²) in [6.45, 7) is 1.94. The first-order valence-electron chi connectivity index (χ1n) is 6.58. The van der Waals surface area contributed by atoms with E-state index < -0.39 is 0 Å². The van der Waals surface area contributed by atoms with Crippen LogP contribution in [0, 0.1) is 6.92 Å². The molecular formula is C17H18N2O2. The fourth-order valence-corrected chi connectivity index (χ4v) is 1.86. The normalized spacial score (nSPS) is 10.6. The van der Waals surface area contributed by atoms with Crippen LogP contribution in [-0.4, -0.2) is 13.0 Å². The smallest absolute Gasteiger partial charge is 0.248 e. The second-order valence-corrected chi connectivity index (χ2v) is 4.64. The molecule has 1 amide bonds. The molecule has 0 aliphatic carbocycles. The van der Waals surface area contributed by atoms with Crippen LogP contribution in [0.3, 0.4) is 0 Å². The number of nitrogens with two attached hydrogens (primary N) is 1. The van der Waals surface area contributed by atoms with E-state index in [2.05, 4.69) is 5.32 Å². The lowest BCUT2D eigenvalue weighted by Crippen LogP contribution is -2.08. The van der Waals surface area contributed by atoms with Gasteiger partial charge in [-0.15, -0.1) is 0 Å². The minimum Gasteiger partial charge on any atom is -0.495 e. The highest BCUT2D eigenvalue weighted by Gasteiger charge is 2.03. The molecule has 2 rings (SSSR count). The van der Waals surface area contributed by atoms with Crippen LogP contribution < -0.4 is 15.8 Å². The van der Waals surface area contributed by atoms with Gasteiger partial charge in [-0.3, -0.25) is 4.79 Å². The van der Waals surface area contributed by atoms with Gasteiger partial charge in [-0.2, -0.15) is 0 Å². The summed E-state index contributed by atoms with van der Waals surface area (Å²) in [5, 5.41) is 2.78. The molecule has 0 atom stereocenters. The van der Waals surface area contributed by atoms with Gasteiger partial charge in [0.2, 0.25) is 5.91 Å². The zero-order chi connectivity index (χ0) is 15.2. The number of hydrogen-bond acceptors (Lipinski definition) is 3. The molecule has 0 aliphatic heterocycles. The molecule has 108 valence electrons. The maximum absolute atomic E-state index is 11.9. The average Bonchev–Trinajstić information content (AvgIpc) is 2.49. The topological polar surface area (TPSA) is 64.3 Å². The lowest BCUT2D eigenvalue weighted by molar-refractivity contribution is -0.111. The molecule has 0 spiro atoms. The van der Waals surface area contributed by atoms with Gasteiger partial charge in [0.15, 0.2) is 0 Å². The van der Waals surface area contributed by atoms with Crippen LogP contribution in [0.4, 0.5) is 11.4 Å². The van der Waals surface area contributed by atoms with Crippen LogP contribution in [0.1, 0.15) is 11.1 Å². The summed E-state index contributed by atoms with van der Waals surface area (Å²) in [5.41, 5.74) is 9.09. The number of benzene rings is 2. The Kier molecular flexibility index (Phi) is 4.61. The Hall–Kier alpha value is -2.75. The van der Waals surface area contributed by atoms with Crippen LogP contribution in [0.2, 0.25) is 0 Å². The molecule has 0 radical (unpaired) electrons. The van der Waals surface area contributed by atoms with Crippen molar-refractivity contribution in [1.29, 1.82) is 0 Å². The van der Waals surface area contributed by atoms with Gasteiger partial charge in [-0.25, -0.2) is 0 Å². The van der Waals surface area contributed by atoms with E-state index in [0.717, 1.165) is 11.1 Å². The van der Waals surface area contributed by atoms with Gasteiger partial charge < -0.3 is 15.8 Å². The van der Waals surface area contributed by atoms with E-state index in [1.807, 2.05) is 37.3 Å². The van der Waals surface area contributed by atoms with E-state index in [4.69, 9.17) is 10.5 Å². The largest absolute Gasteiger partial charge is 0.495 e. The molecule has 3 N–H and O–H groups in total. The van der Waals surface area contributed by atoms with Crippen LogP contribution in [0.5, 0.6) is 5.75 Å². The van der Waals surface area contributed by atoms with E-state index in [1.165, 1.54) is 6.08 Å². The van der Waals surface area contributed by atoms with Crippen molar-refractivity contribution in [2.45, 2.75) is 6.92 Å². The number of amides is 1. The van der Waals surface area contributed by atoms with Crippen LogP contribution in [-0.2, 0) is 4.79 Å². The lowest BCUT2D eigenvalue weighted by Gasteiger charge is -2.07. The van der Waals surface area contributed by atoms with Gasteiger partial charge in [0.25, 0.3) is 0 Å². The SMILES string of the molecule is COc1ccccc1NC(=O)/C=C/c1ccc(C)c(N)c1. The van der Waals surface area contributed by atoms with Crippen molar-refractivity contribution in [2.75, 3.05) is 18.2 Å². The predicted octanol–water partition coefficient (Wildman–Crippen LogP) is 3.24. The highest BCUT2D eigenvalue weighted by atomic mass is 16.5. The van der Waals surface area contributed by atoms with E-state index in [9.17, 15) is 4.79 Å². The third-order valence-electron chi connectivity index (χ3n) is 3.10. The van der Waals surface area contributed by atoms with Gasteiger partial charge in [-0.05, 0) is 42.3 Å². The summed E-state index contributed by atoms with van der Waals surface area (Å²) < 4.78 is 5.18. The maximum Gasteiger partial charge on any atom is 0.248 e. The quantitative estimate of drug-likeness (QED) is 0.668. The monoisotopic (exact) mass is 282 g/mol. The van der Waals surface area contributed by atoms with Crippen molar-refractivity contribution in [3.63, 3.8) is 0 Å². The Labute approximate surface area is 124 Å². The minimum absolute atomic E-state index is 0.223. The molecule has 0 saturated heterocycles. The van der Waals surface area contributed by atoms with Crippen molar-refractivity contribution in [3.8, 4) is 5.75 Å². The molecule has 2 aromatic carbocycles. The first kappa shape index (κ1) is 14.7. The van der Waals surface area contributed by atoms with Gasteiger partial charge >= 0.3 is 0 Å². The summed E-state index contributed by atoms with van der Waals surface area (Å²) in [5.74, 6) is 0.400. The van der Waals surface area contributed by atoms with Crippen LogP contribution >= 0.6 is 0 Å². The standard InChI is InChI=1S/C17H18N2O2/c1-12-7-8-13(11-14(12)18)9-10-17(20)19-15-5-3-4-6-16(15)21-2/h3-11H,18H2,1-2H3,(H,19,20)/b10-9+. The molecular weight excluding hydrogens is 264 g/mol. The number of aryl methyl sites for hydroxylation is 1. The van der Waals surface area contributed by atoms with Gasteiger partial charge in [-0.1, -0.05) is 24.3 Å². The molecule has 0 saturated carbocycles. The Bertz CT molecular complexity index is 678. The van der Waals surface area contributed by atoms with E-state index in [-0.39, 0.29) is 5.91 Å². The zero-order valence-corrected chi connectivity index (χ0v) is 12.1. The molecule has 0 unspecified atom stereocenters. The molecule has 2 aromatic rings. The Morgan fingerprint density at radius 3 is 2.71 bits per heavy atom. The molecule has 21 heavy (non-hydrogen) atoms. The summed E-state index contributed by atoms with van der Waals surface area (Å²) in [4.78, 5) is 11.9. The molecule has 0 aliphatic rings. The Balaban J connectivity index is 2.07. The number of carbonyl (C=O) groups excluding carboxylic acids is 1. The number of ether oxygens (including phenoxy) is 1. The van der Waals surface area contributed by atoms with Gasteiger partial charge in [0.1, 0.15) is 5.75 Å². The fraction of sp³-hybridized carbons (Fsp3) is 0.118. The number of methoxy groups -OCH3 is 1. The molecule has 4 heteroatoms. The number of nitrogen functional groups attached to an aromatic ring is 1. The third kappa shape index (κ3) is 3.86.